The zero-order valence-corrected chi connectivity index (χ0v) is 11.0. The van der Waals surface area contributed by atoms with Crippen molar-refractivity contribution >= 4 is 33.0 Å². The lowest BCUT2D eigenvalue weighted by Crippen LogP contribution is -2.14. The number of benzene rings is 1. The molecule has 19 heavy (non-hydrogen) atoms. The molecule has 0 aliphatic carbocycles. The molecule has 0 radical (unpaired) electrons. The van der Waals surface area contributed by atoms with Gasteiger partial charge in [0, 0.05) is 11.9 Å². The van der Waals surface area contributed by atoms with Crippen molar-refractivity contribution in [2.75, 3.05) is 10.5 Å². The van der Waals surface area contributed by atoms with E-state index in [0.717, 1.165) is 18.2 Å². The Balaban J connectivity index is 2.41. The standard InChI is InChI=1S/C11H9ClFN3O2S/c12-11-10(2-1-3-15-11)16-19(17,18)9-5-7(13)4-8(14)6-9/h1-6,16H,14H2. The first-order valence-corrected chi connectivity index (χ1v) is 6.94. The zero-order valence-electron chi connectivity index (χ0n) is 9.47. The van der Waals surface area contributed by atoms with Crippen molar-refractivity contribution in [2.24, 2.45) is 0 Å². The summed E-state index contributed by atoms with van der Waals surface area (Å²) in [5.41, 5.74) is 5.52. The number of rotatable bonds is 3. The Hall–Kier alpha value is -1.86. The minimum Gasteiger partial charge on any atom is -0.399 e. The van der Waals surface area contributed by atoms with Crippen LogP contribution in [0.1, 0.15) is 0 Å². The number of nitrogen functional groups attached to an aromatic ring is 1. The molecule has 8 heteroatoms. The second-order valence-electron chi connectivity index (χ2n) is 3.67. The van der Waals surface area contributed by atoms with Crippen LogP contribution in [-0.4, -0.2) is 13.4 Å². The second-order valence-corrected chi connectivity index (χ2v) is 5.71. The van der Waals surface area contributed by atoms with E-state index in [-0.39, 0.29) is 21.4 Å². The average molecular weight is 302 g/mol. The van der Waals surface area contributed by atoms with Gasteiger partial charge in [-0.2, -0.15) is 0 Å². The van der Waals surface area contributed by atoms with Crippen LogP contribution >= 0.6 is 11.6 Å². The Morgan fingerprint density at radius 1 is 1.32 bits per heavy atom. The van der Waals surface area contributed by atoms with Crippen LogP contribution in [0, 0.1) is 5.82 Å². The van der Waals surface area contributed by atoms with Crippen molar-refractivity contribution in [1.82, 2.24) is 4.98 Å². The zero-order chi connectivity index (χ0) is 14.0. The Morgan fingerprint density at radius 3 is 2.68 bits per heavy atom. The summed E-state index contributed by atoms with van der Waals surface area (Å²) in [7, 11) is -3.98. The molecular formula is C11H9ClFN3O2S. The average Bonchev–Trinajstić information content (AvgIpc) is 2.31. The fourth-order valence-electron chi connectivity index (χ4n) is 1.41. The van der Waals surface area contributed by atoms with E-state index < -0.39 is 15.8 Å². The number of nitrogens with two attached hydrogens (primary N) is 1. The minimum atomic E-state index is -3.98. The van der Waals surface area contributed by atoms with E-state index in [9.17, 15) is 12.8 Å². The maximum absolute atomic E-state index is 13.2. The molecule has 0 unspecified atom stereocenters. The molecule has 1 heterocycles. The summed E-state index contributed by atoms with van der Waals surface area (Å²) in [6, 6.07) is 5.99. The predicted molar refractivity (Wildman–Crippen MR) is 70.9 cm³/mol. The molecule has 100 valence electrons. The van der Waals surface area contributed by atoms with Crippen LogP contribution < -0.4 is 10.5 Å². The van der Waals surface area contributed by atoms with Crippen LogP contribution in [0.3, 0.4) is 0 Å². The summed E-state index contributed by atoms with van der Waals surface area (Å²) in [5, 5.41) is -0.00421. The van der Waals surface area contributed by atoms with Gasteiger partial charge in [-0.25, -0.2) is 17.8 Å². The largest absolute Gasteiger partial charge is 0.399 e. The molecule has 0 saturated carbocycles. The molecule has 0 aliphatic heterocycles. The summed E-state index contributed by atoms with van der Waals surface area (Å²) < 4.78 is 39.5. The fourth-order valence-corrected chi connectivity index (χ4v) is 2.76. The Bertz CT molecular complexity index is 701. The van der Waals surface area contributed by atoms with Gasteiger partial charge in [0.15, 0.2) is 5.15 Å². The first-order valence-electron chi connectivity index (χ1n) is 5.08. The third-order valence-electron chi connectivity index (χ3n) is 2.21. The van der Waals surface area contributed by atoms with Gasteiger partial charge in [0.1, 0.15) is 5.82 Å². The van der Waals surface area contributed by atoms with Crippen LogP contribution in [-0.2, 0) is 10.0 Å². The van der Waals surface area contributed by atoms with Crippen molar-refractivity contribution in [1.29, 1.82) is 0 Å². The van der Waals surface area contributed by atoms with E-state index >= 15 is 0 Å². The summed E-state index contributed by atoms with van der Waals surface area (Å²) in [6.45, 7) is 0. The van der Waals surface area contributed by atoms with Crippen LogP contribution in [0.2, 0.25) is 5.15 Å². The number of nitrogens with one attached hydrogen (secondary N) is 1. The number of sulfonamides is 1. The van der Waals surface area contributed by atoms with E-state index in [1.807, 2.05) is 0 Å². The van der Waals surface area contributed by atoms with Crippen LogP contribution in [0.4, 0.5) is 15.8 Å². The normalized spacial score (nSPS) is 11.3. The highest BCUT2D eigenvalue weighted by Gasteiger charge is 2.17. The molecule has 0 amide bonds. The molecule has 1 aromatic heterocycles. The van der Waals surface area contributed by atoms with Crippen molar-refractivity contribution in [3.63, 3.8) is 0 Å². The summed E-state index contributed by atoms with van der Waals surface area (Å²) >= 11 is 5.74. The summed E-state index contributed by atoms with van der Waals surface area (Å²) in [4.78, 5) is 3.44. The number of aromatic nitrogens is 1. The van der Waals surface area contributed by atoms with Crippen molar-refractivity contribution in [3.8, 4) is 0 Å². The molecule has 5 nitrogen and oxygen atoms in total. The number of halogens is 2. The lowest BCUT2D eigenvalue weighted by Gasteiger charge is -2.09. The van der Waals surface area contributed by atoms with E-state index in [1.165, 1.54) is 18.3 Å². The number of nitrogens with zero attached hydrogens (tertiary/aromatic N) is 1. The van der Waals surface area contributed by atoms with Gasteiger partial charge >= 0.3 is 0 Å². The first kappa shape index (κ1) is 13.6. The van der Waals surface area contributed by atoms with Gasteiger partial charge in [-0.05, 0) is 30.3 Å². The Labute approximate surface area is 114 Å². The summed E-state index contributed by atoms with van der Waals surface area (Å²) in [6.07, 6.45) is 1.42. The van der Waals surface area contributed by atoms with Gasteiger partial charge in [0.05, 0.1) is 10.6 Å². The third-order valence-corrected chi connectivity index (χ3v) is 3.85. The molecule has 2 aromatic rings. The van der Waals surface area contributed by atoms with Crippen molar-refractivity contribution < 1.29 is 12.8 Å². The molecule has 0 bridgehead atoms. The van der Waals surface area contributed by atoms with Gasteiger partial charge in [0.25, 0.3) is 10.0 Å². The van der Waals surface area contributed by atoms with Gasteiger partial charge in [-0.15, -0.1) is 0 Å². The van der Waals surface area contributed by atoms with Crippen LogP contribution in [0.5, 0.6) is 0 Å². The molecule has 0 atom stereocenters. The highest BCUT2D eigenvalue weighted by atomic mass is 35.5. The Kier molecular flexibility index (Phi) is 3.59. The van der Waals surface area contributed by atoms with Crippen LogP contribution in [0.15, 0.2) is 41.4 Å². The number of anilines is 2. The number of hydrogen-bond donors (Lipinski definition) is 2. The van der Waals surface area contributed by atoms with E-state index in [0.29, 0.717) is 0 Å². The molecule has 0 saturated heterocycles. The molecule has 3 N–H and O–H groups in total. The predicted octanol–water partition coefficient (Wildman–Crippen LogP) is 2.26. The molecule has 0 aliphatic rings. The highest BCUT2D eigenvalue weighted by molar-refractivity contribution is 7.92. The summed E-state index contributed by atoms with van der Waals surface area (Å²) in [5.74, 6) is -0.738. The molecule has 0 fully saturated rings. The van der Waals surface area contributed by atoms with E-state index in [2.05, 4.69) is 9.71 Å². The number of pyridine rings is 1. The molecule has 1 aromatic carbocycles. The quantitative estimate of drug-likeness (QED) is 0.672. The van der Waals surface area contributed by atoms with E-state index in [1.54, 1.807) is 0 Å². The number of hydrogen-bond acceptors (Lipinski definition) is 4. The maximum Gasteiger partial charge on any atom is 0.262 e. The first-order chi connectivity index (χ1) is 8.88. The maximum atomic E-state index is 13.2. The SMILES string of the molecule is Nc1cc(F)cc(S(=O)(=O)Nc2cccnc2Cl)c1. The highest BCUT2D eigenvalue weighted by Crippen LogP contribution is 2.23. The molecule has 0 spiro atoms. The smallest absolute Gasteiger partial charge is 0.262 e. The van der Waals surface area contributed by atoms with Gasteiger partial charge in [0.2, 0.25) is 0 Å². The van der Waals surface area contributed by atoms with Gasteiger partial charge < -0.3 is 5.73 Å². The lowest BCUT2D eigenvalue weighted by molar-refractivity contribution is 0.595. The van der Waals surface area contributed by atoms with Crippen molar-refractivity contribution in [2.45, 2.75) is 4.90 Å². The second kappa shape index (κ2) is 5.02. The van der Waals surface area contributed by atoms with Gasteiger partial charge in [-0.1, -0.05) is 11.6 Å². The van der Waals surface area contributed by atoms with Crippen LogP contribution in [0.25, 0.3) is 0 Å². The van der Waals surface area contributed by atoms with Gasteiger partial charge in [-0.3, -0.25) is 4.72 Å². The molecule has 2 rings (SSSR count). The lowest BCUT2D eigenvalue weighted by atomic mass is 10.3. The Morgan fingerprint density at radius 2 is 2.05 bits per heavy atom. The molecular weight excluding hydrogens is 293 g/mol. The minimum absolute atomic E-state index is 0.00421. The monoisotopic (exact) mass is 301 g/mol. The topological polar surface area (TPSA) is 85.1 Å². The third kappa shape index (κ3) is 3.12. The van der Waals surface area contributed by atoms with E-state index in [4.69, 9.17) is 17.3 Å². The van der Waals surface area contributed by atoms with Crippen molar-refractivity contribution in [3.05, 3.63) is 47.5 Å². The fraction of sp³-hybridized carbons (Fsp3) is 0.